The summed E-state index contributed by atoms with van der Waals surface area (Å²) in [6, 6.07) is 7.03. The van der Waals surface area contributed by atoms with Crippen LogP contribution in [0.4, 0.5) is 0 Å². The third kappa shape index (κ3) is 5.01. The lowest BCUT2D eigenvalue weighted by molar-refractivity contribution is -0.142. The molecule has 0 bridgehead atoms. The van der Waals surface area contributed by atoms with Gasteiger partial charge in [-0.05, 0) is 24.1 Å². The normalized spacial score (nSPS) is 9.71. The van der Waals surface area contributed by atoms with Crippen molar-refractivity contribution in [3.63, 3.8) is 0 Å². The Labute approximate surface area is 99.5 Å². The molecule has 1 rings (SSSR count). The molecule has 0 saturated heterocycles. The number of benzene rings is 1. The second kappa shape index (κ2) is 6.52. The molecular weight excluding hydrogens is 222 g/mol. The zero-order valence-corrected chi connectivity index (χ0v) is 9.51. The lowest BCUT2D eigenvalue weighted by Crippen LogP contribution is -2.13. The third-order valence-electron chi connectivity index (χ3n) is 2.05. The van der Waals surface area contributed by atoms with Crippen molar-refractivity contribution in [3.8, 4) is 5.75 Å². The van der Waals surface area contributed by atoms with Gasteiger partial charge in [-0.25, -0.2) is 4.79 Å². The molecule has 1 radical (unpaired) electrons. The van der Waals surface area contributed by atoms with Crippen molar-refractivity contribution in [2.24, 2.45) is 5.73 Å². The number of nitrogens with two attached hydrogens (primary N) is 1. The molecule has 91 valence electrons. The highest BCUT2D eigenvalue weighted by Crippen LogP contribution is 2.13. The van der Waals surface area contributed by atoms with Crippen LogP contribution in [0.15, 0.2) is 24.3 Å². The minimum atomic E-state index is -0.448. The lowest BCUT2D eigenvalue weighted by atomic mass is 10.1. The number of hydrogen-bond acceptors (Lipinski definition) is 4. The highest BCUT2D eigenvalue weighted by atomic mass is 16.6. The number of amides is 1. The summed E-state index contributed by atoms with van der Waals surface area (Å²) in [6.07, 6.45) is 1.87. The Morgan fingerprint density at radius 2 is 1.94 bits per heavy atom. The topological polar surface area (TPSA) is 78.6 Å². The van der Waals surface area contributed by atoms with E-state index in [1.165, 1.54) is 13.5 Å². The van der Waals surface area contributed by atoms with E-state index in [1.54, 1.807) is 24.3 Å². The number of carbonyl (C=O) groups excluding carboxylic acids is 2. The lowest BCUT2D eigenvalue weighted by Gasteiger charge is -2.05. The maximum atomic E-state index is 10.8. The van der Waals surface area contributed by atoms with Gasteiger partial charge in [-0.1, -0.05) is 12.1 Å². The first-order chi connectivity index (χ1) is 8.11. The monoisotopic (exact) mass is 236 g/mol. The molecule has 0 aliphatic heterocycles. The van der Waals surface area contributed by atoms with E-state index in [-0.39, 0.29) is 6.61 Å². The molecule has 0 atom stereocenters. The van der Waals surface area contributed by atoms with Gasteiger partial charge in [0.25, 0.3) is 0 Å². The van der Waals surface area contributed by atoms with Crippen LogP contribution in [0.1, 0.15) is 5.56 Å². The highest BCUT2D eigenvalue weighted by molar-refractivity contribution is 5.83. The molecule has 2 N–H and O–H groups in total. The van der Waals surface area contributed by atoms with Crippen molar-refractivity contribution in [1.82, 2.24) is 0 Å². The number of rotatable bonds is 6. The highest BCUT2D eigenvalue weighted by Gasteiger charge is 2.02. The maximum Gasteiger partial charge on any atom is 0.343 e. The molecule has 1 amide bonds. The van der Waals surface area contributed by atoms with Gasteiger partial charge in [0.1, 0.15) is 5.75 Å². The number of ether oxygens (including phenoxy) is 2. The SMILES string of the molecule is COC(=O)COc1ccc(C[CH]C(N)=O)cc1. The summed E-state index contributed by atoms with van der Waals surface area (Å²) in [5.41, 5.74) is 5.94. The van der Waals surface area contributed by atoms with Gasteiger partial charge in [-0.15, -0.1) is 0 Å². The number of carbonyl (C=O) groups is 2. The Morgan fingerprint density at radius 3 is 2.47 bits per heavy atom. The fraction of sp³-hybridized carbons (Fsp3) is 0.250. The number of methoxy groups -OCH3 is 1. The minimum absolute atomic E-state index is 0.122. The second-order valence-electron chi connectivity index (χ2n) is 3.32. The first-order valence-electron chi connectivity index (χ1n) is 5.03. The van der Waals surface area contributed by atoms with E-state index in [0.29, 0.717) is 12.2 Å². The van der Waals surface area contributed by atoms with Crippen molar-refractivity contribution in [3.05, 3.63) is 36.2 Å². The average Bonchev–Trinajstić information content (AvgIpc) is 2.34. The first-order valence-corrected chi connectivity index (χ1v) is 5.03. The zero-order valence-electron chi connectivity index (χ0n) is 9.51. The molecule has 0 saturated carbocycles. The minimum Gasteiger partial charge on any atom is -0.482 e. The molecule has 0 aromatic heterocycles. The van der Waals surface area contributed by atoms with Crippen LogP contribution in [-0.4, -0.2) is 25.6 Å². The van der Waals surface area contributed by atoms with Gasteiger partial charge in [0.05, 0.1) is 13.5 Å². The molecule has 5 heteroatoms. The van der Waals surface area contributed by atoms with Crippen molar-refractivity contribution < 1.29 is 19.1 Å². The molecule has 17 heavy (non-hydrogen) atoms. The van der Waals surface area contributed by atoms with Gasteiger partial charge < -0.3 is 15.2 Å². The van der Waals surface area contributed by atoms with Crippen molar-refractivity contribution in [2.75, 3.05) is 13.7 Å². The summed E-state index contributed by atoms with van der Waals surface area (Å²) in [5, 5.41) is 0. The van der Waals surface area contributed by atoms with Crippen molar-refractivity contribution in [2.45, 2.75) is 6.42 Å². The van der Waals surface area contributed by atoms with E-state index in [0.717, 1.165) is 5.56 Å². The van der Waals surface area contributed by atoms with E-state index in [1.807, 2.05) is 0 Å². The molecule has 0 heterocycles. The zero-order chi connectivity index (χ0) is 12.7. The summed E-state index contributed by atoms with van der Waals surface area (Å²) < 4.78 is 9.60. The molecule has 0 spiro atoms. The summed E-state index contributed by atoms with van der Waals surface area (Å²) in [5.74, 6) is -0.314. The Kier molecular flexibility index (Phi) is 5.00. The predicted molar refractivity (Wildman–Crippen MR) is 61.2 cm³/mol. The van der Waals surface area contributed by atoms with Crippen LogP contribution in [-0.2, 0) is 20.7 Å². The van der Waals surface area contributed by atoms with E-state index in [4.69, 9.17) is 10.5 Å². The van der Waals surface area contributed by atoms with E-state index < -0.39 is 11.9 Å². The number of primary amides is 1. The van der Waals surface area contributed by atoms with Crippen LogP contribution < -0.4 is 10.5 Å². The molecule has 5 nitrogen and oxygen atoms in total. The number of esters is 1. The molecular formula is C12H14NO4. The smallest absolute Gasteiger partial charge is 0.343 e. The summed E-state index contributed by atoms with van der Waals surface area (Å²) in [4.78, 5) is 21.4. The molecule has 1 aromatic carbocycles. The molecule has 0 aliphatic rings. The van der Waals surface area contributed by atoms with Crippen molar-refractivity contribution >= 4 is 11.9 Å². The van der Waals surface area contributed by atoms with Gasteiger partial charge in [0, 0.05) is 0 Å². The van der Waals surface area contributed by atoms with Crippen LogP contribution in [0.25, 0.3) is 0 Å². The Balaban J connectivity index is 2.44. The number of hydrogen-bond donors (Lipinski definition) is 1. The standard InChI is InChI=1S/C12H14NO4/c1-16-12(15)8-17-10-5-2-9(3-6-10)4-7-11(13)14/h2-3,5-7H,4,8H2,1H3,(H2,13,14). The average molecular weight is 236 g/mol. The van der Waals surface area contributed by atoms with E-state index in [9.17, 15) is 9.59 Å². The molecule has 0 aliphatic carbocycles. The van der Waals surface area contributed by atoms with Gasteiger partial charge in [0.15, 0.2) is 6.61 Å². The predicted octanol–water partition coefficient (Wildman–Crippen LogP) is 0.470. The molecule has 0 unspecified atom stereocenters. The molecule has 1 aromatic rings. The van der Waals surface area contributed by atoms with Crippen LogP contribution in [0.5, 0.6) is 5.75 Å². The fourth-order valence-electron chi connectivity index (χ4n) is 1.14. The van der Waals surface area contributed by atoms with Crippen LogP contribution in [0.2, 0.25) is 0 Å². The van der Waals surface area contributed by atoms with Gasteiger partial charge in [0.2, 0.25) is 5.91 Å². The summed E-state index contributed by atoms with van der Waals surface area (Å²) in [7, 11) is 1.30. The second-order valence-corrected chi connectivity index (χ2v) is 3.32. The van der Waals surface area contributed by atoms with Gasteiger partial charge in [-0.3, -0.25) is 4.79 Å². The summed E-state index contributed by atoms with van der Waals surface area (Å²) in [6.45, 7) is -0.122. The maximum absolute atomic E-state index is 10.8. The van der Waals surface area contributed by atoms with Gasteiger partial charge >= 0.3 is 5.97 Å². The van der Waals surface area contributed by atoms with Crippen molar-refractivity contribution in [1.29, 1.82) is 0 Å². The van der Waals surface area contributed by atoms with Crippen LogP contribution in [0.3, 0.4) is 0 Å². The largest absolute Gasteiger partial charge is 0.482 e. The quantitative estimate of drug-likeness (QED) is 0.728. The van der Waals surface area contributed by atoms with E-state index in [2.05, 4.69) is 4.74 Å². The van der Waals surface area contributed by atoms with Gasteiger partial charge in [-0.2, -0.15) is 0 Å². The molecule has 0 fully saturated rings. The van der Waals surface area contributed by atoms with Crippen LogP contribution >= 0.6 is 0 Å². The Morgan fingerprint density at radius 1 is 1.29 bits per heavy atom. The first kappa shape index (κ1) is 13.0. The van der Waals surface area contributed by atoms with Crippen LogP contribution in [0, 0.1) is 6.42 Å². The third-order valence-corrected chi connectivity index (χ3v) is 2.05. The fourth-order valence-corrected chi connectivity index (χ4v) is 1.14. The Hall–Kier alpha value is -2.04. The Bertz CT molecular complexity index is 386. The van der Waals surface area contributed by atoms with E-state index >= 15 is 0 Å². The summed E-state index contributed by atoms with van der Waals surface area (Å²) >= 11 is 0.